The zero-order chi connectivity index (χ0) is 25.0. The van der Waals surface area contributed by atoms with Crippen LogP contribution in [0.5, 0.6) is 0 Å². The number of anilines is 1. The van der Waals surface area contributed by atoms with Gasteiger partial charge in [-0.05, 0) is 54.3 Å². The Kier molecular flexibility index (Phi) is 5.50. The lowest BCUT2D eigenvalue weighted by Crippen LogP contribution is -2.51. The number of amides is 4. The number of aliphatic hydroxyl groups is 2. The lowest BCUT2D eigenvalue weighted by atomic mass is 9.85. The van der Waals surface area contributed by atoms with Crippen LogP contribution in [-0.4, -0.2) is 58.0 Å². The first kappa shape index (κ1) is 22.9. The number of carbonyl (C=O) groups is 4. The van der Waals surface area contributed by atoms with Gasteiger partial charge in [0.05, 0.1) is 18.3 Å². The van der Waals surface area contributed by atoms with Crippen molar-refractivity contribution in [2.24, 2.45) is 5.92 Å². The number of carbonyl (C=O) groups excluding carboxylic acids is 4. The van der Waals surface area contributed by atoms with Gasteiger partial charge in [0, 0.05) is 39.6 Å². The molecule has 3 aromatic rings. The van der Waals surface area contributed by atoms with E-state index in [2.05, 4.69) is 0 Å². The van der Waals surface area contributed by atoms with E-state index in [4.69, 9.17) is 5.11 Å². The number of imide groups is 2. The summed E-state index contributed by atoms with van der Waals surface area (Å²) in [5.74, 6) is -2.36. The van der Waals surface area contributed by atoms with E-state index in [1.807, 2.05) is 13.8 Å². The van der Waals surface area contributed by atoms with Gasteiger partial charge in [-0.3, -0.25) is 24.1 Å². The van der Waals surface area contributed by atoms with Gasteiger partial charge in [0.25, 0.3) is 23.6 Å². The second-order valence-electron chi connectivity index (χ2n) is 9.13. The first-order valence-corrected chi connectivity index (χ1v) is 11.5. The molecule has 178 valence electrons. The summed E-state index contributed by atoms with van der Waals surface area (Å²) in [6.45, 7) is 3.26. The molecular formula is C27H24N2O6. The molecule has 0 saturated heterocycles. The molecular weight excluding hydrogens is 448 g/mol. The van der Waals surface area contributed by atoms with Crippen molar-refractivity contribution in [2.45, 2.75) is 26.3 Å². The summed E-state index contributed by atoms with van der Waals surface area (Å²) < 4.78 is 0. The third-order valence-corrected chi connectivity index (χ3v) is 6.81. The van der Waals surface area contributed by atoms with E-state index in [9.17, 15) is 24.3 Å². The van der Waals surface area contributed by atoms with Gasteiger partial charge in [0.15, 0.2) is 0 Å². The molecule has 0 spiro atoms. The zero-order valence-corrected chi connectivity index (χ0v) is 19.3. The van der Waals surface area contributed by atoms with E-state index in [0.717, 1.165) is 15.4 Å². The van der Waals surface area contributed by atoms with E-state index < -0.39 is 29.7 Å². The molecule has 2 heterocycles. The van der Waals surface area contributed by atoms with Gasteiger partial charge in [0.1, 0.15) is 0 Å². The molecule has 0 saturated carbocycles. The van der Waals surface area contributed by atoms with Crippen molar-refractivity contribution < 1.29 is 29.4 Å². The summed E-state index contributed by atoms with van der Waals surface area (Å²) in [6.07, 6.45) is 0.461. The summed E-state index contributed by atoms with van der Waals surface area (Å²) in [4.78, 5) is 55.9. The minimum Gasteiger partial charge on any atom is -0.396 e. The third-order valence-electron chi connectivity index (χ3n) is 6.81. The second kappa shape index (κ2) is 8.41. The largest absolute Gasteiger partial charge is 0.396 e. The molecule has 8 nitrogen and oxygen atoms in total. The van der Waals surface area contributed by atoms with Crippen LogP contribution in [0, 0.1) is 5.92 Å². The minimum absolute atomic E-state index is 0.00789. The Balaban J connectivity index is 1.66. The highest BCUT2D eigenvalue weighted by Gasteiger charge is 2.42. The number of hydrogen-bond donors (Lipinski definition) is 2. The topological polar surface area (TPSA) is 115 Å². The van der Waals surface area contributed by atoms with Crippen LogP contribution in [0.2, 0.25) is 0 Å². The van der Waals surface area contributed by atoms with Crippen LogP contribution < -0.4 is 4.90 Å². The van der Waals surface area contributed by atoms with Gasteiger partial charge in [-0.1, -0.05) is 26.0 Å². The average molecular weight is 472 g/mol. The van der Waals surface area contributed by atoms with Gasteiger partial charge >= 0.3 is 0 Å². The number of rotatable bonds is 6. The van der Waals surface area contributed by atoms with Crippen molar-refractivity contribution in [1.82, 2.24) is 4.90 Å². The molecule has 1 atom stereocenters. The van der Waals surface area contributed by atoms with Gasteiger partial charge in [-0.2, -0.15) is 0 Å². The Morgan fingerprint density at radius 1 is 0.686 bits per heavy atom. The van der Waals surface area contributed by atoms with Crippen LogP contribution in [0.4, 0.5) is 5.69 Å². The highest BCUT2D eigenvalue weighted by molar-refractivity contribution is 6.39. The van der Waals surface area contributed by atoms with Crippen LogP contribution >= 0.6 is 0 Å². The molecule has 3 aromatic carbocycles. The molecule has 2 N–H and O–H groups in total. The van der Waals surface area contributed by atoms with Crippen molar-refractivity contribution in [1.29, 1.82) is 0 Å². The van der Waals surface area contributed by atoms with Gasteiger partial charge in [-0.25, -0.2) is 4.90 Å². The maximum absolute atomic E-state index is 13.5. The lowest BCUT2D eigenvalue weighted by molar-refractivity contribution is 0.0406. The second-order valence-corrected chi connectivity index (χ2v) is 9.13. The van der Waals surface area contributed by atoms with Crippen molar-refractivity contribution >= 4 is 40.1 Å². The Morgan fingerprint density at radius 2 is 1.14 bits per heavy atom. The first-order valence-electron chi connectivity index (χ1n) is 11.5. The molecule has 0 bridgehead atoms. The Bertz CT molecular complexity index is 1340. The molecule has 8 heteroatoms. The van der Waals surface area contributed by atoms with E-state index in [1.54, 1.807) is 24.3 Å². The summed E-state index contributed by atoms with van der Waals surface area (Å²) in [5.41, 5.74) is 2.17. The summed E-state index contributed by atoms with van der Waals surface area (Å²) in [5, 5.41) is 19.6. The Hall–Kier alpha value is -3.88. The predicted molar refractivity (Wildman–Crippen MR) is 129 cm³/mol. The molecule has 2 aliphatic heterocycles. The average Bonchev–Trinajstić information content (AvgIpc) is 2.84. The summed E-state index contributed by atoms with van der Waals surface area (Å²) >= 11 is 0. The molecule has 4 amide bonds. The van der Waals surface area contributed by atoms with Crippen LogP contribution in [0.1, 0.15) is 60.8 Å². The standard InChI is InChI=1S/C27H24N2O6/c1-14(2)21(13-31)29-26(34)19-9-7-17-22-18(8-10-20(23(19)22)27(29)35)25(33)28(24(17)32)16-5-3-15(4-6-16)11-12-30/h3-10,14,21,30-31H,11-13H2,1-2H3. The smallest absolute Gasteiger partial charge is 0.265 e. The number of nitrogens with zero attached hydrogens (tertiary/aromatic N) is 2. The van der Waals surface area contributed by atoms with Crippen molar-refractivity contribution in [3.05, 3.63) is 76.3 Å². The molecule has 1 unspecified atom stereocenters. The Labute approximate surface area is 201 Å². The van der Waals surface area contributed by atoms with Gasteiger partial charge in [-0.15, -0.1) is 0 Å². The highest BCUT2D eigenvalue weighted by Crippen LogP contribution is 2.39. The first-order chi connectivity index (χ1) is 16.8. The van der Waals surface area contributed by atoms with Crippen LogP contribution in [-0.2, 0) is 6.42 Å². The highest BCUT2D eigenvalue weighted by atomic mass is 16.3. The number of aliphatic hydroxyl groups excluding tert-OH is 2. The molecule has 0 aromatic heterocycles. The van der Waals surface area contributed by atoms with Gasteiger partial charge in [0.2, 0.25) is 0 Å². The fraction of sp³-hybridized carbons (Fsp3) is 0.259. The maximum Gasteiger partial charge on any atom is 0.265 e. The fourth-order valence-electron chi connectivity index (χ4n) is 4.96. The van der Waals surface area contributed by atoms with E-state index >= 15 is 0 Å². The monoisotopic (exact) mass is 472 g/mol. The lowest BCUT2D eigenvalue weighted by Gasteiger charge is -2.36. The maximum atomic E-state index is 13.5. The minimum atomic E-state index is -0.696. The quantitative estimate of drug-likeness (QED) is 0.533. The van der Waals surface area contributed by atoms with E-state index in [1.165, 1.54) is 24.3 Å². The Morgan fingerprint density at radius 3 is 1.54 bits per heavy atom. The number of hydrogen-bond acceptors (Lipinski definition) is 6. The van der Waals surface area contributed by atoms with Crippen molar-refractivity contribution in [3.8, 4) is 0 Å². The van der Waals surface area contributed by atoms with E-state index in [-0.39, 0.29) is 41.4 Å². The van der Waals surface area contributed by atoms with Crippen LogP contribution in [0.3, 0.4) is 0 Å². The molecule has 0 radical (unpaired) electrons. The summed E-state index contributed by atoms with van der Waals surface area (Å²) in [6, 6.07) is 12.2. The molecule has 0 fully saturated rings. The van der Waals surface area contributed by atoms with Crippen LogP contribution in [0.15, 0.2) is 48.5 Å². The zero-order valence-electron chi connectivity index (χ0n) is 19.3. The SMILES string of the molecule is CC(C)C(CO)N1C(=O)c2ccc3c4c(ccc(c24)C1=O)C(=O)N(c1ccc(CCO)cc1)C3=O. The molecule has 0 aliphatic carbocycles. The predicted octanol–water partition coefficient (Wildman–Crippen LogP) is 2.79. The molecule has 5 rings (SSSR count). The van der Waals surface area contributed by atoms with E-state index in [0.29, 0.717) is 22.9 Å². The molecule has 35 heavy (non-hydrogen) atoms. The fourth-order valence-corrected chi connectivity index (χ4v) is 4.96. The third kappa shape index (κ3) is 3.29. The van der Waals surface area contributed by atoms with Crippen molar-refractivity contribution in [3.63, 3.8) is 0 Å². The molecule has 2 aliphatic rings. The normalized spacial score (nSPS) is 16.0. The summed E-state index contributed by atoms with van der Waals surface area (Å²) in [7, 11) is 0. The number of benzene rings is 3. The van der Waals surface area contributed by atoms with Crippen molar-refractivity contribution in [2.75, 3.05) is 18.1 Å². The van der Waals surface area contributed by atoms with Gasteiger partial charge < -0.3 is 10.2 Å². The van der Waals surface area contributed by atoms with Crippen LogP contribution in [0.25, 0.3) is 10.8 Å².